The Labute approximate surface area is 98.5 Å². The van der Waals surface area contributed by atoms with E-state index in [1.165, 1.54) is 25.0 Å². The van der Waals surface area contributed by atoms with Crippen molar-refractivity contribution in [2.75, 3.05) is 32.1 Å². The van der Waals surface area contributed by atoms with Gasteiger partial charge >= 0.3 is 0 Å². The number of ether oxygens (including phenoxy) is 1. The highest BCUT2D eigenvalue weighted by Gasteiger charge is 2.12. The van der Waals surface area contributed by atoms with Gasteiger partial charge in [-0.1, -0.05) is 20.3 Å². The second kappa shape index (κ2) is 8.43. The molecule has 0 spiro atoms. The summed E-state index contributed by atoms with van der Waals surface area (Å²) in [5.41, 5.74) is 0. The molecule has 1 saturated heterocycles. The Bertz CT molecular complexity index is 147. The molecule has 2 nitrogen and oxygen atoms in total. The van der Waals surface area contributed by atoms with Crippen molar-refractivity contribution in [3.8, 4) is 0 Å². The molecule has 1 N–H and O–H groups in total. The highest BCUT2D eigenvalue weighted by Crippen LogP contribution is 2.23. The van der Waals surface area contributed by atoms with E-state index in [9.17, 15) is 0 Å². The summed E-state index contributed by atoms with van der Waals surface area (Å²) in [7, 11) is 0. The van der Waals surface area contributed by atoms with Crippen LogP contribution in [0.4, 0.5) is 0 Å². The minimum Gasteiger partial charge on any atom is -0.380 e. The Morgan fingerprint density at radius 1 is 1.40 bits per heavy atom. The molecule has 0 radical (unpaired) electrons. The van der Waals surface area contributed by atoms with Crippen LogP contribution in [0.25, 0.3) is 0 Å². The van der Waals surface area contributed by atoms with Crippen LogP contribution in [0.5, 0.6) is 0 Å². The topological polar surface area (TPSA) is 21.3 Å². The van der Waals surface area contributed by atoms with Crippen LogP contribution in [0.3, 0.4) is 0 Å². The fourth-order valence-electron chi connectivity index (χ4n) is 1.69. The fourth-order valence-corrected chi connectivity index (χ4v) is 2.97. The lowest BCUT2D eigenvalue weighted by molar-refractivity contribution is 0.112. The van der Waals surface area contributed by atoms with Gasteiger partial charge in [-0.25, -0.2) is 0 Å². The maximum absolute atomic E-state index is 5.52. The first-order valence-electron chi connectivity index (χ1n) is 6.19. The molecule has 1 unspecified atom stereocenters. The van der Waals surface area contributed by atoms with Gasteiger partial charge in [0.2, 0.25) is 0 Å². The molecule has 0 aromatic heterocycles. The summed E-state index contributed by atoms with van der Waals surface area (Å²) in [4.78, 5) is 0. The molecule has 0 aromatic rings. The average Bonchev–Trinajstić information content (AvgIpc) is 2.24. The number of nitrogens with one attached hydrogen (secondary N) is 1. The third kappa shape index (κ3) is 7.20. The molecule has 1 atom stereocenters. The monoisotopic (exact) mass is 231 g/mol. The third-order valence-corrected chi connectivity index (χ3v) is 3.92. The van der Waals surface area contributed by atoms with E-state index in [4.69, 9.17) is 4.74 Å². The predicted octanol–water partition coefficient (Wildman–Crippen LogP) is 2.53. The molecule has 1 aliphatic rings. The normalized spacial score (nSPS) is 22.2. The number of hydrogen-bond acceptors (Lipinski definition) is 3. The summed E-state index contributed by atoms with van der Waals surface area (Å²) in [6.45, 7) is 8.28. The molecule has 1 rings (SSSR count). The van der Waals surface area contributed by atoms with E-state index in [0.29, 0.717) is 5.92 Å². The van der Waals surface area contributed by atoms with Gasteiger partial charge in [0.25, 0.3) is 0 Å². The summed E-state index contributed by atoms with van der Waals surface area (Å²) >= 11 is 2.13. The molecular formula is C12H25NOS. The van der Waals surface area contributed by atoms with Crippen LogP contribution < -0.4 is 5.32 Å². The van der Waals surface area contributed by atoms with Crippen molar-refractivity contribution in [2.45, 2.75) is 38.4 Å². The van der Waals surface area contributed by atoms with E-state index in [2.05, 4.69) is 30.9 Å². The van der Waals surface area contributed by atoms with Crippen molar-refractivity contribution < 1.29 is 4.74 Å². The Hall–Kier alpha value is 0.270. The molecule has 0 aromatic carbocycles. The molecule has 1 fully saturated rings. The molecule has 0 aliphatic carbocycles. The summed E-state index contributed by atoms with van der Waals surface area (Å²) in [6.07, 6.45) is 4.23. The van der Waals surface area contributed by atoms with Crippen LogP contribution in [-0.2, 0) is 4.74 Å². The number of rotatable bonds is 7. The van der Waals surface area contributed by atoms with Crippen molar-refractivity contribution in [3.05, 3.63) is 0 Å². The summed E-state index contributed by atoms with van der Waals surface area (Å²) in [5, 5.41) is 4.33. The first-order chi connectivity index (χ1) is 7.29. The molecule has 0 bridgehead atoms. The fraction of sp³-hybridized carbons (Fsp3) is 1.00. The lowest BCUT2D eigenvalue weighted by Crippen LogP contribution is -2.29. The SMILES string of the molecule is CC(C)COCCNCC1CCCCS1. The largest absolute Gasteiger partial charge is 0.380 e. The van der Waals surface area contributed by atoms with Gasteiger partial charge in [0.15, 0.2) is 0 Å². The molecule has 0 saturated carbocycles. The maximum Gasteiger partial charge on any atom is 0.0591 e. The maximum atomic E-state index is 5.52. The molecule has 15 heavy (non-hydrogen) atoms. The standard InChI is InChI=1S/C12H25NOS/c1-11(2)10-14-7-6-13-9-12-5-3-4-8-15-12/h11-13H,3-10H2,1-2H3. The van der Waals surface area contributed by atoms with Crippen molar-refractivity contribution in [1.29, 1.82) is 0 Å². The van der Waals surface area contributed by atoms with Gasteiger partial charge in [0, 0.05) is 24.9 Å². The van der Waals surface area contributed by atoms with Gasteiger partial charge < -0.3 is 10.1 Å². The zero-order valence-corrected chi connectivity index (χ0v) is 10.9. The summed E-state index contributed by atoms with van der Waals surface area (Å²) < 4.78 is 5.52. The third-order valence-electron chi connectivity index (χ3n) is 2.52. The first-order valence-corrected chi connectivity index (χ1v) is 7.24. The van der Waals surface area contributed by atoms with Crippen molar-refractivity contribution in [2.24, 2.45) is 5.92 Å². The summed E-state index contributed by atoms with van der Waals surface area (Å²) in [5.74, 6) is 2.01. The van der Waals surface area contributed by atoms with Crippen LogP contribution in [0.15, 0.2) is 0 Å². The van der Waals surface area contributed by atoms with Gasteiger partial charge in [0.05, 0.1) is 6.61 Å². The molecule has 1 heterocycles. The average molecular weight is 231 g/mol. The van der Waals surface area contributed by atoms with Gasteiger partial charge in [-0.2, -0.15) is 11.8 Å². The molecule has 3 heteroatoms. The lowest BCUT2D eigenvalue weighted by atomic mass is 10.2. The lowest BCUT2D eigenvalue weighted by Gasteiger charge is -2.21. The van der Waals surface area contributed by atoms with Crippen molar-refractivity contribution >= 4 is 11.8 Å². The van der Waals surface area contributed by atoms with Gasteiger partial charge in [-0.15, -0.1) is 0 Å². The van der Waals surface area contributed by atoms with Gasteiger partial charge in [-0.05, 0) is 24.5 Å². The van der Waals surface area contributed by atoms with E-state index < -0.39 is 0 Å². The molecule has 1 aliphatic heterocycles. The van der Waals surface area contributed by atoms with E-state index in [1.807, 2.05) is 0 Å². The Morgan fingerprint density at radius 2 is 2.27 bits per heavy atom. The van der Waals surface area contributed by atoms with Gasteiger partial charge in [0.1, 0.15) is 0 Å². The quantitative estimate of drug-likeness (QED) is 0.680. The Morgan fingerprint density at radius 3 is 2.93 bits per heavy atom. The molecular weight excluding hydrogens is 206 g/mol. The minimum atomic E-state index is 0.652. The second-order valence-corrected chi connectivity index (χ2v) is 6.07. The zero-order valence-electron chi connectivity index (χ0n) is 10.1. The summed E-state index contributed by atoms with van der Waals surface area (Å²) in [6, 6.07) is 0. The van der Waals surface area contributed by atoms with E-state index in [0.717, 1.165) is 31.6 Å². The van der Waals surface area contributed by atoms with Crippen LogP contribution in [0.2, 0.25) is 0 Å². The van der Waals surface area contributed by atoms with Crippen LogP contribution in [0.1, 0.15) is 33.1 Å². The van der Waals surface area contributed by atoms with E-state index >= 15 is 0 Å². The second-order valence-electron chi connectivity index (χ2n) is 4.66. The number of thioether (sulfide) groups is 1. The molecule has 90 valence electrons. The van der Waals surface area contributed by atoms with E-state index in [1.54, 1.807) is 0 Å². The minimum absolute atomic E-state index is 0.652. The van der Waals surface area contributed by atoms with Crippen LogP contribution in [-0.4, -0.2) is 37.3 Å². The highest BCUT2D eigenvalue weighted by atomic mass is 32.2. The Balaban J connectivity index is 1.83. The highest BCUT2D eigenvalue weighted by molar-refractivity contribution is 7.99. The van der Waals surface area contributed by atoms with Crippen molar-refractivity contribution in [1.82, 2.24) is 5.32 Å². The van der Waals surface area contributed by atoms with Crippen molar-refractivity contribution in [3.63, 3.8) is 0 Å². The van der Waals surface area contributed by atoms with Crippen LogP contribution in [0, 0.1) is 5.92 Å². The Kier molecular flexibility index (Phi) is 7.49. The number of hydrogen-bond donors (Lipinski definition) is 1. The zero-order chi connectivity index (χ0) is 10.9. The van der Waals surface area contributed by atoms with Crippen LogP contribution >= 0.6 is 11.8 Å². The first kappa shape index (κ1) is 13.3. The molecule has 0 amide bonds. The smallest absolute Gasteiger partial charge is 0.0591 e. The predicted molar refractivity (Wildman–Crippen MR) is 68.6 cm³/mol. The van der Waals surface area contributed by atoms with Gasteiger partial charge in [-0.3, -0.25) is 0 Å². The van der Waals surface area contributed by atoms with E-state index in [-0.39, 0.29) is 0 Å².